The molecule has 2 aliphatic heterocycles. The fourth-order valence-corrected chi connectivity index (χ4v) is 13.4. The van der Waals surface area contributed by atoms with Gasteiger partial charge in [0.05, 0.1) is 5.69 Å². The minimum Gasteiger partial charge on any atom is -0.311 e. The number of hydrogen-bond acceptors (Lipinski definition) is 3. The average molecular weight is 879 g/mol. The third-order valence-electron chi connectivity index (χ3n) is 16.8. The van der Waals surface area contributed by atoms with E-state index in [2.05, 4.69) is 213 Å². The molecule has 65 heavy (non-hydrogen) atoms. The molecule has 0 radical (unpaired) electrons. The number of nitrogens with zero attached hydrogens (tertiary/aromatic N) is 2. The first-order valence-corrected chi connectivity index (χ1v) is 25.6. The number of benzene rings is 5. The summed E-state index contributed by atoms with van der Waals surface area (Å²) in [6.07, 6.45) is 4.77. The van der Waals surface area contributed by atoms with Gasteiger partial charge in [0.1, 0.15) is 0 Å². The molecular weight excluding hydrogens is 804 g/mol. The lowest BCUT2D eigenvalue weighted by atomic mass is 9.35. The number of anilines is 6. The highest BCUT2D eigenvalue weighted by atomic mass is 32.1. The van der Waals surface area contributed by atoms with Crippen molar-refractivity contribution in [3.63, 3.8) is 0 Å². The maximum absolute atomic E-state index is 2.74. The minimum atomic E-state index is -0.0933. The summed E-state index contributed by atoms with van der Waals surface area (Å²) in [5.41, 5.74) is 22.7. The molecule has 4 aliphatic rings. The van der Waals surface area contributed by atoms with E-state index in [0.29, 0.717) is 0 Å². The van der Waals surface area contributed by atoms with Gasteiger partial charge in [-0.1, -0.05) is 148 Å². The maximum Gasteiger partial charge on any atom is 0.264 e. The summed E-state index contributed by atoms with van der Waals surface area (Å²) >= 11 is 2.03. The van der Waals surface area contributed by atoms with Crippen LogP contribution < -0.4 is 25.5 Å². The average Bonchev–Trinajstić information content (AvgIpc) is 3.58. The molecule has 0 saturated heterocycles. The molecule has 0 unspecified atom stereocenters. The molecule has 5 aromatic carbocycles. The van der Waals surface area contributed by atoms with Crippen LogP contribution in [0.1, 0.15) is 188 Å². The van der Waals surface area contributed by atoms with Gasteiger partial charge >= 0.3 is 0 Å². The van der Waals surface area contributed by atoms with Crippen molar-refractivity contribution in [2.24, 2.45) is 0 Å². The summed E-state index contributed by atoms with van der Waals surface area (Å²) in [5, 5.41) is 1.37. The molecular formula is C61H75BN2S. The van der Waals surface area contributed by atoms with E-state index in [-0.39, 0.29) is 44.6 Å². The molecule has 0 saturated carbocycles. The summed E-state index contributed by atoms with van der Waals surface area (Å²) in [5.74, 6) is 0. The molecule has 6 aromatic rings. The van der Waals surface area contributed by atoms with E-state index in [1.165, 1.54) is 130 Å². The van der Waals surface area contributed by atoms with Gasteiger partial charge < -0.3 is 9.80 Å². The van der Waals surface area contributed by atoms with Gasteiger partial charge in [-0.05, 0) is 174 Å². The van der Waals surface area contributed by atoms with Crippen LogP contribution in [0, 0.1) is 6.92 Å². The quantitative estimate of drug-likeness (QED) is 0.160. The maximum atomic E-state index is 2.74. The fraction of sp³-hybridized carbons (Fsp3) is 0.475. The first-order valence-electron chi connectivity index (χ1n) is 24.8. The summed E-state index contributed by atoms with van der Waals surface area (Å²) in [6.45, 7) is 43.6. The van der Waals surface area contributed by atoms with Crippen molar-refractivity contribution in [2.45, 2.75) is 188 Å². The highest BCUT2D eigenvalue weighted by molar-refractivity contribution is 7.33. The zero-order valence-corrected chi connectivity index (χ0v) is 44.0. The first-order chi connectivity index (χ1) is 30.0. The van der Waals surface area contributed by atoms with Crippen LogP contribution in [0.4, 0.5) is 34.1 Å². The lowest BCUT2D eigenvalue weighted by Gasteiger charge is -2.48. The van der Waals surface area contributed by atoms with Gasteiger partial charge in [-0.3, -0.25) is 0 Å². The van der Waals surface area contributed by atoms with Crippen LogP contribution in [0.3, 0.4) is 0 Å². The van der Waals surface area contributed by atoms with Gasteiger partial charge in [-0.25, -0.2) is 0 Å². The molecule has 2 nitrogen and oxygen atoms in total. The molecule has 3 heterocycles. The Kier molecular flexibility index (Phi) is 9.53. The number of hydrogen-bond donors (Lipinski definition) is 0. The summed E-state index contributed by atoms with van der Waals surface area (Å²) in [7, 11) is 0. The summed E-state index contributed by atoms with van der Waals surface area (Å²) < 4.78 is 2.83. The van der Waals surface area contributed by atoms with E-state index in [4.69, 9.17) is 0 Å². The lowest BCUT2D eigenvalue weighted by Crippen LogP contribution is -2.61. The van der Waals surface area contributed by atoms with Crippen molar-refractivity contribution in [3.05, 3.63) is 123 Å². The van der Waals surface area contributed by atoms with Crippen molar-refractivity contribution in [2.75, 3.05) is 9.80 Å². The third-order valence-corrected chi connectivity index (χ3v) is 18.0. The van der Waals surface area contributed by atoms with Gasteiger partial charge in [0, 0.05) is 43.3 Å². The first kappa shape index (κ1) is 44.6. The monoisotopic (exact) mass is 879 g/mol. The van der Waals surface area contributed by atoms with Crippen molar-refractivity contribution in [3.8, 4) is 0 Å². The second-order valence-corrected chi connectivity index (χ2v) is 27.6. The predicted molar refractivity (Wildman–Crippen MR) is 287 cm³/mol. The molecule has 0 bridgehead atoms. The molecule has 338 valence electrons. The van der Waals surface area contributed by atoms with Crippen molar-refractivity contribution >= 4 is 78.0 Å². The van der Waals surface area contributed by atoms with Gasteiger partial charge in [-0.15, -0.1) is 11.3 Å². The number of aryl methyl sites for hydroxylation is 1. The zero-order chi connectivity index (χ0) is 46.9. The van der Waals surface area contributed by atoms with Crippen LogP contribution in [0.25, 0.3) is 10.1 Å². The SMILES string of the molecule is Cc1cc(C(C)(C)C)ccc1N1c2cc(C(C)(C)C)cc3c2B(c2cc4c(cc2N3c2ccc3c(c2)C(C)(C)CCC3(C)C)C(C)(C)CCC4(C)C)c2sc3ccc(C(C)(C)C)cc3c21. The molecule has 0 atom stereocenters. The van der Waals surface area contributed by atoms with E-state index < -0.39 is 0 Å². The second kappa shape index (κ2) is 13.9. The Hall–Kier alpha value is -4.28. The Morgan fingerprint density at radius 1 is 0.477 bits per heavy atom. The third kappa shape index (κ3) is 6.83. The van der Waals surface area contributed by atoms with Crippen LogP contribution in [0.5, 0.6) is 0 Å². The second-order valence-electron chi connectivity index (χ2n) is 26.5. The van der Waals surface area contributed by atoms with Crippen molar-refractivity contribution < 1.29 is 0 Å². The molecule has 0 N–H and O–H groups in total. The van der Waals surface area contributed by atoms with E-state index in [1.807, 2.05) is 11.3 Å². The predicted octanol–water partition coefficient (Wildman–Crippen LogP) is 15.9. The van der Waals surface area contributed by atoms with E-state index in [9.17, 15) is 0 Å². The fourth-order valence-electron chi connectivity index (χ4n) is 12.1. The Labute approximate surface area is 397 Å². The molecule has 0 fully saturated rings. The summed E-state index contributed by atoms with van der Waals surface area (Å²) in [6, 6.07) is 32.9. The molecule has 4 heteroatoms. The Morgan fingerprint density at radius 2 is 0.985 bits per heavy atom. The number of rotatable bonds is 2. The zero-order valence-electron chi connectivity index (χ0n) is 43.2. The van der Waals surface area contributed by atoms with Crippen LogP contribution in [0.15, 0.2) is 78.9 Å². The van der Waals surface area contributed by atoms with Gasteiger partial charge in [-0.2, -0.15) is 0 Å². The van der Waals surface area contributed by atoms with Gasteiger partial charge in [0.15, 0.2) is 0 Å². The van der Waals surface area contributed by atoms with Gasteiger partial charge in [0.25, 0.3) is 6.71 Å². The molecule has 1 aromatic heterocycles. The summed E-state index contributed by atoms with van der Waals surface area (Å²) in [4.78, 5) is 5.46. The molecule has 2 aliphatic carbocycles. The normalized spacial score (nSPS) is 19.1. The minimum absolute atomic E-state index is 0.0192. The van der Waals surface area contributed by atoms with Crippen molar-refractivity contribution in [1.82, 2.24) is 0 Å². The molecule has 10 rings (SSSR count). The van der Waals surface area contributed by atoms with Crippen LogP contribution in [0.2, 0.25) is 0 Å². The van der Waals surface area contributed by atoms with Gasteiger partial charge in [0.2, 0.25) is 0 Å². The van der Waals surface area contributed by atoms with Crippen LogP contribution in [-0.2, 0) is 37.9 Å². The smallest absolute Gasteiger partial charge is 0.264 e. The highest BCUT2D eigenvalue weighted by Crippen LogP contribution is 2.54. The van der Waals surface area contributed by atoms with Crippen LogP contribution >= 0.6 is 11.3 Å². The van der Waals surface area contributed by atoms with Crippen molar-refractivity contribution in [1.29, 1.82) is 0 Å². The van der Waals surface area contributed by atoms with E-state index >= 15 is 0 Å². The van der Waals surface area contributed by atoms with E-state index in [1.54, 1.807) is 0 Å². The molecule has 0 spiro atoms. The Bertz CT molecular complexity index is 2970. The Balaban J connectivity index is 1.38. The Morgan fingerprint density at radius 3 is 1.55 bits per heavy atom. The van der Waals surface area contributed by atoms with Crippen LogP contribution in [-0.4, -0.2) is 6.71 Å². The number of fused-ring (bicyclic) bond motifs is 8. The molecule has 0 amide bonds. The standard InChI is InChI=1S/C61H75BN2S/c1-36-29-37(55(2,3)4)19-23-47(36)64-50-32-39(57(8,9)10)31-49-52(50)62(54-53(64)41-30-38(56(5,6)7)20-24-51(41)65-54)46-34-44-45(61(17,18)28-27-60(44,15)16)35-48(46)63(49)40-21-22-42-43(33-40)59(13,14)26-25-58(42,11)12/h19-24,29-35H,25-28H2,1-18H3. The largest absolute Gasteiger partial charge is 0.311 e. The van der Waals surface area contributed by atoms with E-state index in [0.717, 1.165) is 0 Å². The topological polar surface area (TPSA) is 6.48 Å². The lowest BCUT2D eigenvalue weighted by molar-refractivity contribution is 0.332. The highest BCUT2D eigenvalue weighted by Gasteiger charge is 2.49. The number of thiophene rings is 1.